The van der Waals surface area contributed by atoms with Crippen LogP contribution >= 0.6 is 0 Å². The normalized spacial score (nSPS) is 21.3. The number of rotatable bonds is 32. The molecule has 0 spiro atoms. The molecule has 1 aliphatic rings. The zero-order valence-electron chi connectivity index (χ0n) is 35.5. The van der Waals surface area contributed by atoms with E-state index in [-0.39, 0.29) is 19.4 Å². The second kappa shape index (κ2) is 35.8. The van der Waals surface area contributed by atoms with Crippen LogP contribution in [0.4, 0.5) is 0 Å². The van der Waals surface area contributed by atoms with Gasteiger partial charge in [-0.05, 0) is 70.6 Å². The highest BCUT2D eigenvalue weighted by molar-refractivity contribution is 7.85. The molecule has 1 aliphatic heterocycles. The number of ether oxygens (including phenoxy) is 4. The molecule has 1 rings (SSSR count). The van der Waals surface area contributed by atoms with Gasteiger partial charge in [0.25, 0.3) is 10.1 Å². The lowest BCUT2D eigenvalue weighted by atomic mass is 10.00. The van der Waals surface area contributed by atoms with Gasteiger partial charge in [0.15, 0.2) is 12.4 Å². The summed E-state index contributed by atoms with van der Waals surface area (Å²) in [6.07, 6.45) is 41.2. The molecule has 12 nitrogen and oxygen atoms in total. The molecular weight excluding hydrogens is 789 g/mol. The number of carbonyl (C=O) groups excluding carboxylic acids is 2. The van der Waals surface area contributed by atoms with Gasteiger partial charge in [0.1, 0.15) is 36.8 Å². The minimum absolute atomic E-state index is 0.0518. The van der Waals surface area contributed by atoms with E-state index in [9.17, 15) is 37.9 Å². The van der Waals surface area contributed by atoms with Gasteiger partial charge < -0.3 is 34.3 Å². The SMILES string of the molecule is CC/C=C/C=C/C=C/C=C/C=C/CCCC(=O)OC(COC(=O)CCCCC/C=C/C/C=C/C/C=C/C/C=C/C/C=C/CC)CO[C@H]1O[C@H](CS(=O)(=O)O)[C@@H](O)C(O)C1O. The molecule has 0 radical (unpaired) electrons. The summed E-state index contributed by atoms with van der Waals surface area (Å²) in [5.41, 5.74) is 0. The highest BCUT2D eigenvalue weighted by Crippen LogP contribution is 2.23. The van der Waals surface area contributed by atoms with Crippen LogP contribution in [0.3, 0.4) is 0 Å². The quantitative estimate of drug-likeness (QED) is 0.0167. The van der Waals surface area contributed by atoms with Gasteiger partial charge in [-0.1, -0.05) is 142 Å². The minimum Gasteiger partial charge on any atom is -0.462 e. The summed E-state index contributed by atoms with van der Waals surface area (Å²) >= 11 is 0. The molecule has 1 fully saturated rings. The van der Waals surface area contributed by atoms with Crippen molar-refractivity contribution in [2.24, 2.45) is 0 Å². The standard InChI is InChI=1S/C47H70O12S/c1-3-5-7-9-11-13-15-17-18-19-20-21-22-24-25-27-29-31-33-35-42(48)56-37-40(38-57-47-46(52)45(51)44(50)41(59-47)39-60(53,54)55)58-43(49)36-34-32-30-28-26-23-16-14-12-10-8-6-4-2/h5-8,10-14,16-18,20-21,23-26,28,30,40-41,44-47,50-52H,3-4,9,15,19,22,27,29,31-39H2,1-2H3,(H,53,54,55)/b7-5+,8-6+,12-10+,13-11+,16-14+,18-17+,21-20+,25-24+,26-23+,30-28+/t40?,41-,44-,45?,46?,47+/m1/s1. The Balaban J connectivity index is 2.55. The van der Waals surface area contributed by atoms with Crippen molar-refractivity contribution in [2.45, 2.75) is 141 Å². The molecule has 0 aliphatic carbocycles. The topological polar surface area (TPSA) is 186 Å². The highest BCUT2D eigenvalue weighted by Gasteiger charge is 2.46. The fraction of sp³-hybridized carbons (Fsp3) is 0.532. The lowest BCUT2D eigenvalue weighted by molar-refractivity contribution is -0.297. The molecule has 6 atom stereocenters. The maximum absolute atomic E-state index is 12.7. The molecule has 1 saturated heterocycles. The fourth-order valence-corrected chi connectivity index (χ4v) is 6.13. The summed E-state index contributed by atoms with van der Waals surface area (Å²) in [5.74, 6) is -2.15. The van der Waals surface area contributed by atoms with Crippen LogP contribution in [-0.4, -0.2) is 96.0 Å². The van der Waals surface area contributed by atoms with Crippen LogP contribution in [0.2, 0.25) is 0 Å². The van der Waals surface area contributed by atoms with E-state index in [4.69, 9.17) is 18.9 Å². The predicted octanol–water partition coefficient (Wildman–Crippen LogP) is 8.22. The Bertz CT molecular complexity index is 1570. The van der Waals surface area contributed by atoms with Crippen molar-refractivity contribution in [3.05, 3.63) is 122 Å². The molecule has 0 aromatic carbocycles. The average molecular weight is 859 g/mol. The smallest absolute Gasteiger partial charge is 0.306 e. The molecule has 336 valence electrons. The van der Waals surface area contributed by atoms with Gasteiger partial charge >= 0.3 is 11.9 Å². The van der Waals surface area contributed by atoms with Crippen molar-refractivity contribution in [1.82, 2.24) is 0 Å². The number of esters is 2. The van der Waals surface area contributed by atoms with Crippen molar-refractivity contribution in [1.29, 1.82) is 0 Å². The van der Waals surface area contributed by atoms with Gasteiger partial charge in [-0.25, -0.2) is 0 Å². The summed E-state index contributed by atoms with van der Waals surface area (Å²) in [6, 6.07) is 0. The van der Waals surface area contributed by atoms with Crippen molar-refractivity contribution in [3.63, 3.8) is 0 Å². The largest absolute Gasteiger partial charge is 0.462 e. The zero-order chi connectivity index (χ0) is 44.1. The summed E-state index contributed by atoms with van der Waals surface area (Å²) in [6.45, 7) is 3.37. The molecule has 13 heteroatoms. The lowest BCUT2D eigenvalue weighted by Gasteiger charge is -2.40. The third-order valence-corrected chi connectivity index (χ3v) is 9.41. The van der Waals surface area contributed by atoms with E-state index in [2.05, 4.69) is 80.7 Å². The number of hydrogen-bond acceptors (Lipinski definition) is 11. The van der Waals surface area contributed by atoms with Crippen LogP contribution in [0.25, 0.3) is 0 Å². The Kier molecular flexibility index (Phi) is 32.2. The van der Waals surface area contributed by atoms with Gasteiger partial charge in [0, 0.05) is 12.8 Å². The van der Waals surface area contributed by atoms with Crippen LogP contribution in [0.15, 0.2) is 122 Å². The van der Waals surface area contributed by atoms with Crippen LogP contribution in [0.5, 0.6) is 0 Å². The van der Waals surface area contributed by atoms with Crippen LogP contribution in [0, 0.1) is 0 Å². The number of unbranched alkanes of at least 4 members (excludes halogenated alkanes) is 4. The van der Waals surface area contributed by atoms with Gasteiger partial charge in [-0.15, -0.1) is 0 Å². The third-order valence-electron chi connectivity index (χ3n) is 8.66. The maximum atomic E-state index is 12.7. The first-order chi connectivity index (χ1) is 29.0. The van der Waals surface area contributed by atoms with E-state index in [1.54, 1.807) is 0 Å². The van der Waals surface area contributed by atoms with Gasteiger partial charge in [-0.2, -0.15) is 8.42 Å². The summed E-state index contributed by atoms with van der Waals surface area (Å²) < 4.78 is 53.8. The molecule has 0 bridgehead atoms. The van der Waals surface area contributed by atoms with Crippen molar-refractivity contribution >= 4 is 22.1 Å². The molecular formula is C47H70O12S. The first-order valence-corrected chi connectivity index (χ1v) is 22.8. The van der Waals surface area contributed by atoms with Crippen LogP contribution in [0.1, 0.15) is 104 Å². The maximum Gasteiger partial charge on any atom is 0.306 e. The zero-order valence-corrected chi connectivity index (χ0v) is 36.3. The van der Waals surface area contributed by atoms with E-state index in [0.29, 0.717) is 19.3 Å². The molecule has 60 heavy (non-hydrogen) atoms. The Labute approximate surface area is 358 Å². The van der Waals surface area contributed by atoms with Crippen molar-refractivity contribution in [3.8, 4) is 0 Å². The first kappa shape index (κ1) is 54.1. The third kappa shape index (κ3) is 30.1. The van der Waals surface area contributed by atoms with Crippen LogP contribution < -0.4 is 0 Å². The van der Waals surface area contributed by atoms with E-state index in [1.807, 2.05) is 54.7 Å². The number of aliphatic hydroxyl groups is 3. The Hall–Kier alpha value is -3.95. The van der Waals surface area contributed by atoms with Gasteiger partial charge in [0.2, 0.25) is 0 Å². The van der Waals surface area contributed by atoms with Gasteiger partial charge in [-0.3, -0.25) is 14.1 Å². The second-order valence-corrected chi connectivity index (χ2v) is 15.5. The van der Waals surface area contributed by atoms with E-state index in [0.717, 1.165) is 57.8 Å². The molecule has 3 unspecified atom stereocenters. The lowest BCUT2D eigenvalue weighted by Crippen LogP contribution is -2.60. The highest BCUT2D eigenvalue weighted by atomic mass is 32.2. The van der Waals surface area contributed by atoms with E-state index >= 15 is 0 Å². The average Bonchev–Trinajstić information content (AvgIpc) is 3.21. The Morgan fingerprint density at radius 1 is 0.583 bits per heavy atom. The van der Waals surface area contributed by atoms with E-state index < -0.39 is 71.2 Å². The molecule has 0 aromatic rings. The van der Waals surface area contributed by atoms with Crippen molar-refractivity contribution < 1.29 is 56.8 Å². The van der Waals surface area contributed by atoms with E-state index in [1.165, 1.54) is 0 Å². The van der Waals surface area contributed by atoms with Gasteiger partial charge in [0.05, 0.1) is 6.61 Å². The molecule has 1 heterocycles. The number of aliphatic hydroxyl groups excluding tert-OH is 3. The first-order valence-electron chi connectivity index (χ1n) is 21.2. The Morgan fingerprint density at radius 3 is 1.68 bits per heavy atom. The number of hydrogen-bond donors (Lipinski definition) is 4. The Morgan fingerprint density at radius 2 is 1.10 bits per heavy atom. The summed E-state index contributed by atoms with van der Waals surface area (Å²) in [4.78, 5) is 25.3. The molecule has 0 aromatic heterocycles. The molecule has 0 saturated carbocycles. The fourth-order valence-electron chi connectivity index (χ4n) is 5.44. The summed E-state index contributed by atoms with van der Waals surface area (Å²) in [5, 5.41) is 30.8. The molecule has 0 amide bonds. The second-order valence-electron chi connectivity index (χ2n) is 14.0. The van der Waals surface area contributed by atoms with Crippen molar-refractivity contribution in [2.75, 3.05) is 19.0 Å². The number of carbonyl (C=O) groups is 2. The number of allylic oxidation sites excluding steroid dienone is 20. The minimum atomic E-state index is -4.62. The predicted molar refractivity (Wildman–Crippen MR) is 237 cm³/mol. The van der Waals surface area contributed by atoms with Crippen LogP contribution in [-0.2, 0) is 38.7 Å². The summed E-state index contributed by atoms with van der Waals surface area (Å²) in [7, 11) is -4.62. The molecule has 4 N–H and O–H groups in total. The monoisotopic (exact) mass is 858 g/mol.